The molecule has 0 radical (unpaired) electrons. The summed E-state index contributed by atoms with van der Waals surface area (Å²) < 4.78 is 5.44. The molecule has 104 valence electrons. The third-order valence-corrected chi connectivity index (χ3v) is 2.84. The molecule has 0 heterocycles. The average molecular weight is 268 g/mol. The van der Waals surface area contributed by atoms with Crippen molar-refractivity contribution in [2.75, 3.05) is 20.7 Å². The molecule has 20 heavy (non-hydrogen) atoms. The molecule has 0 bridgehead atoms. The van der Waals surface area contributed by atoms with Gasteiger partial charge in [-0.25, -0.2) is 4.99 Å². The predicted octanol–water partition coefficient (Wildman–Crippen LogP) is 3.73. The van der Waals surface area contributed by atoms with E-state index < -0.39 is 0 Å². The van der Waals surface area contributed by atoms with Crippen LogP contribution in [0.25, 0.3) is 0 Å². The number of ether oxygens (including phenoxy) is 1. The summed E-state index contributed by atoms with van der Waals surface area (Å²) in [6.45, 7) is 2.65. The van der Waals surface area contributed by atoms with Gasteiger partial charge < -0.3 is 9.64 Å². The second-order valence-electron chi connectivity index (χ2n) is 4.62. The fraction of sp³-hybridized carbons (Fsp3) is 0.235. The third kappa shape index (κ3) is 3.60. The lowest BCUT2D eigenvalue weighted by Gasteiger charge is -2.16. The number of benzene rings is 2. The summed E-state index contributed by atoms with van der Waals surface area (Å²) in [5.41, 5.74) is 2.02. The standard InChI is InChI=1S/C17H20N2O/c1-4-20-16-12-10-15(11-13-16)18-17(19(2)3)14-8-6-5-7-9-14/h5-13H,4H2,1-3H3. The molecule has 3 nitrogen and oxygen atoms in total. The number of hydrogen-bond acceptors (Lipinski definition) is 2. The SMILES string of the molecule is CCOc1ccc(N=C(c2ccccc2)N(C)C)cc1. The number of hydrogen-bond donors (Lipinski definition) is 0. The minimum absolute atomic E-state index is 0.676. The highest BCUT2D eigenvalue weighted by molar-refractivity contribution is 5.99. The smallest absolute Gasteiger partial charge is 0.136 e. The van der Waals surface area contributed by atoms with Crippen LogP contribution in [0, 0.1) is 0 Å². The van der Waals surface area contributed by atoms with Crippen LogP contribution in [0.1, 0.15) is 12.5 Å². The van der Waals surface area contributed by atoms with Crippen molar-refractivity contribution in [1.29, 1.82) is 0 Å². The summed E-state index contributed by atoms with van der Waals surface area (Å²) >= 11 is 0. The van der Waals surface area contributed by atoms with Crippen molar-refractivity contribution < 1.29 is 4.74 Å². The van der Waals surface area contributed by atoms with Crippen molar-refractivity contribution >= 4 is 11.5 Å². The Hall–Kier alpha value is -2.29. The summed E-state index contributed by atoms with van der Waals surface area (Å²) in [5.74, 6) is 1.81. The van der Waals surface area contributed by atoms with E-state index in [1.807, 2.05) is 68.4 Å². The Labute approximate surface area is 120 Å². The Balaban J connectivity index is 2.29. The Bertz CT molecular complexity index is 559. The first kappa shape index (κ1) is 14.1. The first-order chi connectivity index (χ1) is 9.70. The maximum absolute atomic E-state index is 5.44. The van der Waals surface area contributed by atoms with Crippen LogP contribution in [0.4, 0.5) is 5.69 Å². The van der Waals surface area contributed by atoms with Crippen LogP contribution >= 0.6 is 0 Å². The van der Waals surface area contributed by atoms with E-state index >= 15 is 0 Å². The molecule has 0 amide bonds. The van der Waals surface area contributed by atoms with Crippen LogP contribution in [-0.4, -0.2) is 31.4 Å². The van der Waals surface area contributed by atoms with Gasteiger partial charge in [-0.2, -0.15) is 0 Å². The van der Waals surface area contributed by atoms with E-state index in [-0.39, 0.29) is 0 Å². The maximum Gasteiger partial charge on any atom is 0.136 e. The fourth-order valence-corrected chi connectivity index (χ4v) is 1.92. The summed E-state index contributed by atoms with van der Waals surface area (Å²) in [7, 11) is 4.00. The maximum atomic E-state index is 5.44. The van der Waals surface area contributed by atoms with E-state index in [0.29, 0.717) is 6.61 Å². The highest BCUT2D eigenvalue weighted by atomic mass is 16.5. The van der Waals surface area contributed by atoms with Crippen LogP contribution in [-0.2, 0) is 0 Å². The van der Waals surface area contributed by atoms with Crippen molar-refractivity contribution in [2.45, 2.75) is 6.92 Å². The van der Waals surface area contributed by atoms with Gasteiger partial charge in [-0.05, 0) is 31.2 Å². The quantitative estimate of drug-likeness (QED) is 0.623. The molecule has 0 atom stereocenters. The van der Waals surface area contributed by atoms with Crippen molar-refractivity contribution in [3.05, 3.63) is 60.2 Å². The van der Waals surface area contributed by atoms with E-state index in [2.05, 4.69) is 12.1 Å². The highest BCUT2D eigenvalue weighted by Gasteiger charge is 2.05. The van der Waals surface area contributed by atoms with Gasteiger partial charge in [-0.3, -0.25) is 0 Å². The lowest BCUT2D eigenvalue weighted by Crippen LogP contribution is -2.22. The second kappa shape index (κ2) is 6.75. The molecule has 0 aliphatic heterocycles. The number of amidine groups is 1. The van der Waals surface area contributed by atoms with E-state index in [1.165, 1.54) is 0 Å². The van der Waals surface area contributed by atoms with Crippen LogP contribution in [0.2, 0.25) is 0 Å². The van der Waals surface area contributed by atoms with Gasteiger partial charge in [-0.1, -0.05) is 30.3 Å². The zero-order valence-electron chi connectivity index (χ0n) is 12.2. The summed E-state index contributed by atoms with van der Waals surface area (Å²) in [5, 5.41) is 0. The lowest BCUT2D eigenvalue weighted by atomic mass is 10.2. The molecule has 3 heteroatoms. The second-order valence-corrected chi connectivity index (χ2v) is 4.62. The Kier molecular flexibility index (Phi) is 4.77. The van der Waals surface area contributed by atoms with Crippen LogP contribution in [0.15, 0.2) is 59.6 Å². The zero-order valence-corrected chi connectivity index (χ0v) is 12.2. The third-order valence-electron chi connectivity index (χ3n) is 2.84. The first-order valence-corrected chi connectivity index (χ1v) is 6.75. The molecule has 0 fully saturated rings. The molecule has 2 rings (SSSR count). The van der Waals surface area contributed by atoms with Crippen molar-refractivity contribution in [3.8, 4) is 5.75 Å². The van der Waals surface area contributed by atoms with Gasteiger partial charge in [-0.15, -0.1) is 0 Å². The monoisotopic (exact) mass is 268 g/mol. The Morgan fingerprint density at radius 1 is 1.00 bits per heavy atom. The normalized spacial score (nSPS) is 11.2. The minimum atomic E-state index is 0.676. The number of aliphatic imine (C=N–C) groups is 1. The van der Waals surface area contributed by atoms with Gasteiger partial charge in [0.25, 0.3) is 0 Å². The predicted molar refractivity (Wildman–Crippen MR) is 83.9 cm³/mol. The van der Waals surface area contributed by atoms with Gasteiger partial charge >= 0.3 is 0 Å². The van der Waals surface area contributed by atoms with Crippen molar-refractivity contribution in [2.24, 2.45) is 4.99 Å². The van der Waals surface area contributed by atoms with E-state index in [4.69, 9.17) is 9.73 Å². The van der Waals surface area contributed by atoms with Gasteiger partial charge in [0.05, 0.1) is 12.3 Å². The molecular weight excluding hydrogens is 248 g/mol. The molecule has 0 unspecified atom stereocenters. The average Bonchev–Trinajstić information content (AvgIpc) is 2.47. The van der Waals surface area contributed by atoms with E-state index in [9.17, 15) is 0 Å². The van der Waals surface area contributed by atoms with Crippen molar-refractivity contribution in [3.63, 3.8) is 0 Å². The number of nitrogens with zero attached hydrogens (tertiary/aromatic N) is 2. The molecule has 0 aliphatic carbocycles. The topological polar surface area (TPSA) is 24.8 Å². The molecule has 2 aromatic rings. The number of rotatable bonds is 4. The van der Waals surface area contributed by atoms with Gasteiger partial charge in [0, 0.05) is 19.7 Å². The molecule has 0 saturated carbocycles. The highest BCUT2D eigenvalue weighted by Crippen LogP contribution is 2.19. The molecular formula is C17H20N2O. The van der Waals surface area contributed by atoms with E-state index in [0.717, 1.165) is 22.8 Å². The van der Waals surface area contributed by atoms with Gasteiger partial charge in [0.15, 0.2) is 0 Å². The summed E-state index contributed by atoms with van der Waals surface area (Å²) in [4.78, 5) is 6.74. The Morgan fingerprint density at radius 3 is 2.20 bits per heavy atom. The summed E-state index contributed by atoms with van der Waals surface area (Å²) in [6.07, 6.45) is 0. The molecule has 2 aromatic carbocycles. The fourth-order valence-electron chi connectivity index (χ4n) is 1.92. The molecule has 0 saturated heterocycles. The lowest BCUT2D eigenvalue weighted by molar-refractivity contribution is 0.340. The van der Waals surface area contributed by atoms with E-state index in [1.54, 1.807) is 0 Å². The minimum Gasteiger partial charge on any atom is -0.494 e. The molecule has 0 spiro atoms. The largest absolute Gasteiger partial charge is 0.494 e. The van der Waals surface area contributed by atoms with Crippen LogP contribution < -0.4 is 4.74 Å². The molecule has 0 aliphatic rings. The molecule has 0 N–H and O–H groups in total. The first-order valence-electron chi connectivity index (χ1n) is 6.75. The van der Waals surface area contributed by atoms with Crippen LogP contribution in [0.3, 0.4) is 0 Å². The summed E-state index contributed by atoms with van der Waals surface area (Å²) in [6, 6.07) is 18.0. The van der Waals surface area contributed by atoms with Gasteiger partial charge in [0.2, 0.25) is 0 Å². The van der Waals surface area contributed by atoms with Crippen LogP contribution in [0.5, 0.6) is 5.75 Å². The zero-order chi connectivity index (χ0) is 14.4. The van der Waals surface area contributed by atoms with Crippen molar-refractivity contribution in [1.82, 2.24) is 4.90 Å². The molecule has 0 aromatic heterocycles. The Morgan fingerprint density at radius 2 is 1.65 bits per heavy atom. The van der Waals surface area contributed by atoms with Gasteiger partial charge in [0.1, 0.15) is 11.6 Å².